The third-order valence-corrected chi connectivity index (χ3v) is 1.57. The summed E-state index contributed by atoms with van der Waals surface area (Å²) >= 11 is 0. The van der Waals surface area contributed by atoms with E-state index < -0.39 is 0 Å². The molecule has 0 saturated heterocycles. The molecule has 0 heterocycles. The summed E-state index contributed by atoms with van der Waals surface area (Å²) in [5.74, 6) is 1.81. The van der Waals surface area contributed by atoms with Crippen molar-refractivity contribution in [2.45, 2.75) is 54.4 Å². The van der Waals surface area contributed by atoms with Crippen LogP contribution in [-0.2, 0) is 0 Å². The van der Waals surface area contributed by atoms with Crippen molar-refractivity contribution in [3.63, 3.8) is 0 Å². The Balaban J connectivity index is -0.000000175. The molecule has 0 aliphatic carbocycles. The molecule has 1 atom stereocenters. The van der Waals surface area contributed by atoms with Crippen molar-refractivity contribution < 1.29 is 0 Å². The Morgan fingerprint density at radius 3 is 1.42 bits per heavy atom. The molecule has 0 rings (SSSR count). The zero-order chi connectivity index (χ0) is 10.6. The summed E-state index contributed by atoms with van der Waals surface area (Å²) < 4.78 is 0. The standard InChI is InChI=1S/C8H18.C2H6.C2H4/c1-5-8(4)6-7(2)3;2*1-2/h7-8H,5-6H2,1-4H3;1-2H3;1-2H2/t8-;;/m0../s1. The van der Waals surface area contributed by atoms with Crippen molar-refractivity contribution in [3.05, 3.63) is 13.2 Å². The largest absolute Gasteiger partial charge is 0.106 e. The summed E-state index contributed by atoms with van der Waals surface area (Å²) in [7, 11) is 0. The fourth-order valence-corrected chi connectivity index (χ4v) is 0.971. The number of rotatable bonds is 3. The van der Waals surface area contributed by atoms with Crippen LogP contribution in [0.4, 0.5) is 0 Å². The highest BCUT2D eigenvalue weighted by Crippen LogP contribution is 2.12. The SMILES string of the molecule is C=C.CC.CC[C@H](C)CC(C)C. The highest BCUT2D eigenvalue weighted by atomic mass is 14.1. The molecule has 0 aliphatic rings. The normalized spacial score (nSPS) is 10.6. The van der Waals surface area contributed by atoms with Gasteiger partial charge in [0.25, 0.3) is 0 Å². The maximum Gasteiger partial charge on any atom is -0.0443 e. The van der Waals surface area contributed by atoms with Crippen LogP contribution in [0.3, 0.4) is 0 Å². The molecule has 0 aromatic carbocycles. The van der Waals surface area contributed by atoms with E-state index in [4.69, 9.17) is 0 Å². The van der Waals surface area contributed by atoms with Crippen molar-refractivity contribution in [2.75, 3.05) is 0 Å². The molecule has 0 aliphatic heterocycles. The van der Waals surface area contributed by atoms with Crippen LogP contribution in [-0.4, -0.2) is 0 Å². The van der Waals surface area contributed by atoms with Gasteiger partial charge in [0.2, 0.25) is 0 Å². The molecule has 0 aromatic rings. The summed E-state index contributed by atoms with van der Waals surface area (Å²) in [5, 5.41) is 0. The molecule has 0 bridgehead atoms. The van der Waals surface area contributed by atoms with E-state index in [0.29, 0.717) is 0 Å². The first-order valence-electron chi connectivity index (χ1n) is 5.16. The van der Waals surface area contributed by atoms with E-state index in [9.17, 15) is 0 Å². The maximum atomic E-state index is 3.00. The van der Waals surface area contributed by atoms with Gasteiger partial charge in [-0.05, 0) is 18.3 Å². The van der Waals surface area contributed by atoms with Crippen LogP contribution < -0.4 is 0 Å². The van der Waals surface area contributed by atoms with E-state index in [-0.39, 0.29) is 0 Å². The Bertz CT molecular complexity index is 55.1. The molecule has 0 N–H and O–H groups in total. The zero-order valence-electron chi connectivity index (χ0n) is 9.98. The minimum atomic E-state index is 0.880. The minimum absolute atomic E-state index is 0.880. The molecule has 0 amide bonds. The highest BCUT2D eigenvalue weighted by molar-refractivity contribution is 4.52. The Hall–Kier alpha value is -0.260. The molecule has 0 unspecified atom stereocenters. The second kappa shape index (κ2) is 17.0. The monoisotopic (exact) mass is 172 g/mol. The topological polar surface area (TPSA) is 0 Å². The minimum Gasteiger partial charge on any atom is -0.106 e. The van der Waals surface area contributed by atoms with Gasteiger partial charge in [0.1, 0.15) is 0 Å². The van der Waals surface area contributed by atoms with Crippen molar-refractivity contribution >= 4 is 0 Å². The number of hydrogen-bond donors (Lipinski definition) is 0. The average molecular weight is 172 g/mol. The highest BCUT2D eigenvalue weighted by Gasteiger charge is 2.00. The Morgan fingerprint density at radius 2 is 1.33 bits per heavy atom. The zero-order valence-corrected chi connectivity index (χ0v) is 9.98. The van der Waals surface area contributed by atoms with Gasteiger partial charge in [-0.25, -0.2) is 0 Å². The molecule has 12 heavy (non-hydrogen) atoms. The van der Waals surface area contributed by atoms with Crippen LogP contribution in [0.15, 0.2) is 13.2 Å². The third kappa shape index (κ3) is 22.6. The van der Waals surface area contributed by atoms with Gasteiger partial charge in [-0.1, -0.05) is 48.0 Å². The van der Waals surface area contributed by atoms with E-state index in [1.165, 1.54) is 12.8 Å². The molecular formula is C12H28. The van der Waals surface area contributed by atoms with E-state index >= 15 is 0 Å². The molecule has 76 valence electrons. The van der Waals surface area contributed by atoms with E-state index in [2.05, 4.69) is 40.9 Å². The van der Waals surface area contributed by atoms with Crippen LogP contribution in [0, 0.1) is 11.8 Å². The predicted molar refractivity (Wildman–Crippen MR) is 61.5 cm³/mol. The van der Waals surface area contributed by atoms with Crippen LogP contribution in [0.2, 0.25) is 0 Å². The molecule has 0 fully saturated rings. The van der Waals surface area contributed by atoms with Crippen molar-refractivity contribution in [3.8, 4) is 0 Å². The summed E-state index contributed by atoms with van der Waals surface area (Å²) in [6.07, 6.45) is 2.72. The summed E-state index contributed by atoms with van der Waals surface area (Å²) in [5.41, 5.74) is 0. The molecular weight excluding hydrogens is 144 g/mol. The van der Waals surface area contributed by atoms with Crippen LogP contribution >= 0.6 is 0 Å². The van der Waals surface area contributed by atoms with E-state index in [1.807, 2.05) is 13.8 Å². The smallest absolute Gasteiger partial charge is 0.0443 e. The first-order chi connectivity index (χ1) is 5.66. The lowest BCUT2D eigenvalue weighted by Crippen LogP contribution is -1.97. The lowest BCUT2D eigenvalue weighted by molar-refractivity contribution is 0.429. The molecule has 0 radical (unpaired) electrons. The molecule has 0 aromatic heterocycles. The third-order valence-electron chi connectivity index (χ3n) is 1.57. The van der Waals surface area contributed by atoms with Gasteiger partial charge in [0, 0.05) is 0 Å². The maximum absolute atomic E-state index is 3.00. The average Bonchev–Trinajstić information content (AvgIpc) is 2.10. The second-order valence-corrected chi connectivity index (χ2v) is 3.14. The quantitative estimate of drug-likeness (QED) is 0.531. The molecule has 0 heteroatoms. The van der Waals surface area contributed by atoms with Gasteiger partial charge in [-0.2, -0.15) is 0 Å². The number of hydrogen-bond acceptors (Lipinski definition) is 0. The Morgan fingerprint density at radius 1 is 1.00 bits per heavy atom. The van der Waals surface area contributed by atoms with E-state index in [1.54, 1.807) is 0 Å². The lowest BCUT2D eigenvalue weighted by Gasteiger charge is -2.09. The molecule has 0 saturated carbocycles. The van der Waals surface area contributed by atoms with Crippen molar-refractivity contribution in [1.29, 1.82) is 0 Å². The predicted octanol–water partition coefficient (Wildman–Crippen LogP) is 4.91. The molecule has 0 nitrogen and oxygen atoms in total. The van der Waals surface area contributed by atoms with Gasteiger partial charge < -0.3 is 0 Å². The fraction of sp³-hybridized carbons (Fsp3) is 0.833. The summed E-state index contributed by atoms with van der Waals surface area (Å²) in [6, 6.07) is 0. The fourth-order valence-electron chi connectivity index (χ4n) is 0.971. The van der Waals surface area contributed by atoms with Gasteiger partial charge in [0.05, 0.1) is 0 Å². The van der Waals surface area contributed by atoms with Gasteiger partial charge in [-0.15, -0.1) is 13.2 Å². The lowest BCUT2D eigenvalue weighted by atomic mass is 9.97. The van der Waals surface area contributed by atoms with Gasteiger partial charge >= 0.3 is 0 Å². The Labute approximate surface area is 80.1 Å². The van der Waals surface area contributed by atoms with Crippen LogP contribution in [0.1, 0.15) is 54.4 Å². The van der Waals surface area contributed by atoms with Crippen LogP contribution in [0.25, 0.3) is 0 Å². The summed E-state index contributed by atoms with van der Waals surface area (Å²) in [6.45, 7) is 19.1. The van der Waals surface area contributed by atoms with Crippen molar-refractivity contribution in [2.24, 2.45) is 11.8 Å². The van der Waals surface area contributed by atoms with Gasteiger partial charge in [-0.3, -0.25) is 0 Å². The first kappa shape index (κ1) is 17.7. The Kier molecular flexibility index (Phi) is 25.1. The van der Waals surface area contributed by atoms with E-state index in [0.717, 1.165) is 11.8 Å². The second-order valence-electron chi connectivity index (χ2n) is 3.14. The first-order valence-corrected chi connectivity index (χ1v) is 5.16. The van der Waals surface area contributed by atoms with Gasteiger partial charge in [0.15, 0.2) is 0 Å². The molecule has 0 spiro atoms. The van der Waals surface area contributed by atoms with Crippen molar-refractivity contribution in [1.82, 2.24) is 0 Å². The van der Waals surface area contributed by atoms with Crippen LogP contribution in [0.5, 0.6) is 0 Å². The summed E-state index contributed by atoms with van der Waals surface area (Å²) in [4.78, 5) is 0.